The summed E-state index contributed by atoms with van der Waals surface area (Å²) < 4.78 is 1.27. The smallest absolute Gasteiger partial charge is 0.0589 e. The Hall–Kier alpha value is -0.770. The van der Waals surface area contributed by atoms with Crippen LogP contribution in [0.15, 0.2) is 36.5 Å². The molecule has 0 saturated heterocycles. The zero-order chi connectivity index (χ0) is 9.97. The van der Waals surface area contributed by atoms with Gasteiger partial charge in [-0.25, -0.2) is 0 Å². The van der Waals surface area contributed by atoms with Crippen molar-refractivity contribution < 1.29 is 0 Å². The number of aryl methyl sites for hydroxylation is 1. The number of halogens is 1. The summed E-state index contributed by atoms with van der Waals surface area (Å²) in [7, 11) is 0. The molecule has 0 aliphatic carbocycles. The van der Waals surface area contributed by atoms with Crippen LogP contribution in [-0.4, -0.2) is 4.98 Å². The Morgan fingerprint density at radius 3 is 2.36 bits per heavy atom. The average Bonchev–Trinajstić information content (AvgIpc) is 2.65. The Morgan fingerprint density at radius 2 is 1.86 bits per heavy atom. The maximum atomic E-state index is 3.25. The van der Waals surface area contributed by atoms with Gasteiger partial charge < -0.3 is 4.98 Å². The number of hydrogen-bond donors (Lipinski definition) is 1. The highest BCUT2D eigenvalue weighted by Crippen LogP contribution is 2.23. The molecule has 1 nitrogen and oxygen atoms in total. The molecule has 0 saturated carbocycles. The van der Waals surface area contributed by atoms with Crippen LogP contribution in [0.3, 0.4) is 0 Å². The van der Waals surface area contributed by atoms with E-state index in [1.54, 1.807) is 0 Å². The molecule has 0 bridgehead atoms. The van der Waals surface area contributed by atoms with Gasteiger partial charge in [-0.15, -0.1) is 0 Å². The average molecular weight is 297 g/mol. The van der Waals surface area contributed by atoms with E-state index in [-0.39, 0.29) is 0 Å². The molecule has 0 aliphatic rings. The minimum absolute atomic E-state index is 1.10. The second-order valence-corrected chi connectivity index (χ2v) is 4.41. The van der Waals surface area contributed by atoms with E-state index in [1.807, 2.05) is 6.20 Å². The molecule has 2 rings (SSSR count). The van der Waals surface area contributed by atoms with Crippen LogP contribution >= 0.6 is 22.6 Å². The first-order valence-electron chi connectivity index (χ1n) is 4.73. The molecule has 0 unspecified atom stereocenters. The van der Waals surface area contributed by atoms with Crippen molar-refractivity contribution in [2.45, 2.75) is 13.3 Å². The summed E-state index contributed by atoms with van der Waals surface area (Å²) in [6.45, 7) is 2.17. The summed E-state index contributed by atoms with van der Waals surface area (Å²) in [6, 6.07) is 10.8. The first-order valence-corrected chi connectivity index (χ1v) is 5.81. The van der Waals surface area contributed by atoms with Crippen molar-refractivity contribution in [2.75, 3.05) is 0 Å². The van der Waals surface area contributed by atoms with Gasteiger partial charge in [0, 0.05) is 9.77 Å². The Bertz CT molecular complexity index is 414. The van der Waals surface area contributed by atoms with E-state index >= 15 is 0 Å². The number of H-pyrrole nitrogens is 1. The number of benzene rings is 1. The van der Waals surface area contributed by atoms with Gasteiger partial charge in [0.05, 0.1) is 5.69 Å². The van der Waals surface area contributed by atoms with Crippen LogP contribution in [0.1, 0.15) is 12.5 Å². The van der Waals surface area contributed by atoms with Crippen LogP contribution in [0, 0.1) is 3.57 Å². The number of hydrogen-bond acceptors (Lipinski definition) is 0. The maximum Gasteiger partial charge on any atom is 0.0589 e. The highest BCUT2D eigenvalue weighted by molar-refractivity contribution is 14.1. The molecule has 1 aromatic heterocycles. The van der Waals surface area contributed by atoms with Crippen molar-refractivity contribution in [1.29, 1.82) is 0 Å². The lowest BCUT2D eigenvalue weighted by Crippen LogP contribution is -1.82. The highest BCUT2D eigenvalue weighted by Gasteiger charge is 2.02. The van der Waals surface area contributed by atoms with E-state index in [9.17, 15) is 0 Å². The van der Waals surface area contributed by atoms with Gasteiger partial charge in [0.25, 0.3) is 0 Å². The van der Waals surface area contributed by atoms with Gasteiger partial charge in [0.2, 0.25) is 0 Å². The molecule has 0 aliphatic heterocycles. The Kier molecular flexibility index (Phi) is 2.91. The summed E-state index contributed by atoms with van der Waals surface area (Å²) in [5.74, 6) is 0. The summed E-state index contributed by atoms with van der Waals surface area (Å²) in [5, 5.41) is 0. The molecule has 0 radical (unpaired) electrons. The van der Waals surface area contributed by atoms with Gasteiger partial charge >= 0.3 is 0 Å². The van der Waals surface area contributed by atoms with Gasteiger partial charge in [0.15, 0.2) is 0 Å². The van der Waals surface area contributed by atoms with E-state index in [0.29, 0.717) is 0 Å². The molecule has 0 atom stereocenters. The van der Waals surface area contributed by atoms with E-state index in [1.165, 1.54) is 20.4 Å². The zero-order valence-corrected chi connectivity index (χ0v) is 10.2. The number of rotatable bonds is 2. The summed E-state index contributed by atoms with van der Waals surface area (Å²) >= 11 is 2.35. The normalized spacial score (nSPS) is 10.4. The monoisotopic (exact) mass is 297 g/mol. The van der Waals surface area contributed by atoms with Crippen molar-refractivity contribution in [2.24, 2.45) is 0 Å². The van der Waals surface area contributed by atoms with E-state index < -0.39 is 0 Å². The van der Waals surface area contributed by atoms with Crippen molar-refractivity contribution >= 4 is 22.6 Å². The molecule has 1 N–H and O–H groups in total. The van der Waals surface area contributed by atoms with Crippen LogP contribution in [0.5, 0.6) is 0 Å². The predicted molar refractivity (Wildman–Crippen MR) is 68.3 cm³/mol. The fourth-order valence-corrected chi connectivity index (χ4v) is 2.13. The molecule has 72 valence electrons. The molecular weight excluding hydrogens is 285 g/mol. The molecule has 0 fully saturated rings. The first-order chi connectivity index (χ1) is 6.81. The lowest BCUT2D eigenvalue weighted by molar-refractivity contribution is 1.14. The van der Waals surface area contributed by atoms with E-state index in [2.05, 4.69) is 64.8 Å². The van der Waals surface area contributed by atoms with Gasteiger partial charge in [-0.2, -0.15) is 0 Å². The fraction of sp³-hybridized carbons (Fsp3) is 0.167. The summed E-state index contributed by atoms with van der Waals surface area (Å²) in [6.07, 6.45) is 3.08. The van der Waals surface area contributed by atoms with Crippen LogP contribution in [0.2, 0.25) is 0 Å². The zero-order valence-electron chi connectivity index (χ0n) is 8.05. The second-order valence-electron chi connectivity index (χ2n) is 3.25. The number of nitrogens with one attached hydrogen (secondary N) is 1. The molecule has 2 aromatic rings. The third kappa shape index (κ3) is 1.85. The summed E-state index contributed by atoms with van der Waals surface area (Å²) in [4.78, 5) is 3.25. The standard InChI is InChI=1S/C12H12IN/c1-2-9-3-5-10(6-4-9)12-11(13)7-8-14-12/h3-8,14H,2H2,1H3. The molecule has 2 heteroatoms. The van der Waals surface area contributed by atoms with Crippen LogP contribution in [0.25, 0.3) is 11.3 Å². The van der Waals surface area contributed by atoms with Crippen LogP contribution < -0.4 is 0 Å². The number of aromatic nitrogens is 1. The second kappa shape index (κ2) is 4.17. The minimum atomic E-state index is 1.10. The van der Waals surface area contributed by atoms with Gasteiger partial charge in [0.1, 0.15) is 0 Å². The highest BCUT2D eigenvalue weighted by atomic mass is 127. The molecule has 1 heterocycles. The minimum Gasteiger partial charge on any atom is -0.360 e. The van der Waals surface area contributed by atoms with Crippen molar-refractivity contribution in [1.82, 2.24) is 4.98 Å². The fourth-order valence-electron chi connectivity index (χ4n) is 1.48. The lowest BCUT2D eigenvalue weighted by Gasteiger charge is -2.01. The largest absolute Gasteiger partial charge is 0.360 e. The van der Waals surface area contributed by atoms with Crippen LogP contribution in [0.4, 0.5) is 0 Å². The Morgan fingerprint density at radius 1 is 1.14 bits per heavy atom. The molecule has 1 aromatic carbocycles. The molecular formula is C12H12IN. The van der Waals surface area contributed by atoms with E-state index in [4.69, 9.17) is 0 Å². The molecule has 14 heavy (non-hydrogen) atoms. The quantitative estimate of drug-likeness (QED) is 0.810. The topological polar surface area (TPSA) is 15.8 Å². The maximum absolute atomic E-state index is 3.25. The van der Waals surface area contributed by atoms with Gasteiger partial charge in [-0.3, -0.25) is 0 Å². The Labute approximate surface area is 97.7 Å². The third-order valence-corrected chi connectivity index (χ3v) is 3.25. The third-order valence-electron chi connectivity index (χ3n) is 2.35. The summed E-state index contributed by atoms with van der Waals surface area (Å²) in [5.41, 5.74) is 3.86. The van der Waals surface area contributed by atoms with Gasteiger partial charge in [-0.05, 0) is 46.2 Å². The SMILES string of the molecule is CCc1ccc(-c2[nH]ccc2I)cc1. The predicted octanol–water partition coefficient (Wildman–Crippen LogP) is 3.85. The Balaban J connectivity index is 2.39. The van der Waals surface area contributed by atoms with Crippen molar-refractivity contribution in [3.8, 4) is 11.3 Å². The molecule has 0 amide bonds. The van der Waals surface area contributed by atoms with Crippen LogP contribution in [-0.2, 0) is 6.42 Å². The number of aromatic amines is 1. The first kappa shape index (κ1) is 9.77. The van der Waals surface area contributed by atoms with E-state index in [0.717, 1.165) is 6.42 Å². The van der Waals surface area contributed by atoms with Crippen molar-refractivity contribution in [3.63, 3.8) is 0 Å². The lowest BCUT2D eigenvalue weighted by atomic mass is 10.1. The van der Waals surface area contributed by atoms with Crippen molar-refractivity contribution in [3.05, 3.63) is 45.7 Å². The van der Waals surface area contributed by atoms with Gasteiger partial charge in [-0.1, -0.05) is 31.2 Å². The molecule has 0 spiro atoms.